The van der Waals surface area contributed by atoms with Crippen LogP contribution < -0.4 is 11.3 Å². The Hall–Kier alpha value is -0.650. The molecule has 1 saturated carbocycles. The largest absolute Gasteiger partial charge is 0.390 e. The fourth-order valence-electron chi connectivity index (χ4n) is 3.59. The first-order chi connectivity index (χ1) is 9.05. The minimum atomic E-state index is -0.414. The standard InChI is InChI=1S/C14H27N3O2/c1-11(5-6-13(18)16-15)17-9-8-14(19)7-3-2-4-12(14)10-17/h11-12,19H,2-10,15H2,1H3,(H,16,18). The highest BCUT2D eigenvalue weighted by Gasteiger charge is 2.43. The van der Waals surface area contributed by atoms with E-state index in [1.807, 2.05) is 0 Å². The lowest BCUT2D eigenvalue weighted by Gasteiger charge is -2.49. The molecule has 5 nitrogen and oxygen atoms in total. The number of amides is 1. The lowest BCUT2D eigenvalue weighted by Crippen LogP contribution is -2.55. The Bertz CT molecular complexity index is 324. The summed E-state index contributed by atoms with van der Waals surface area (Å²) in [7, 11) is 0. The van der Waals surface area contributed by atoms with E-state index in [0.29, 0.717) is 18.4 Å². The summed E-state index contributed by atoms with van der Waals surface area (Å²) in [5.41, 5.74) is 1.76. The van der Waals surface area contributed by atoms with Gasteiger partial charge >= 0.3 is 0 Å². The molecule has 3 unspecified atom stereocenters. The zero-order chi connectivity index (χ0) is 13.9. The first-order valence-corrected chi connectivity index (χ1v) is 7.51. The summed E-state index contributed by atoms with van der Waals surface area (Å²) in [4.78, 5) is 13.6. The predicted molar refractivity (Wildman–Crippen MR) is 74.1 cm³/mol. The fourth-order valence-corrected chi connectivity index (χ4v) is 3.59. The van der Waals surface area contributed by atoms with Gasteiger partial charge in [-0.15, -0.1) is 0 Å². The number of likely N-dealkylation sites (tertiary alicyclic amines) is 1. The topological polar surface area (TPSA) is 78.6 Å². The smallest absolute Gasteiger partial charge is 0.233 e. The summed E-state index contributed by atoms with van der Waals surface area (Å²) >= 11 is 0. The van der Waals surface area contributed by atoms with E-state index in [1.165, 1.54) is 12.8 Å². The number of fused-ring (bicyclic) bond motifs is 1. The quantitative estimate of drug-likeness (QED) is 0.400. The molecule has 1 saturated heterocycles. The zero-order valence-electron chi connectivity index (χ0n) is 11.9. The molecular formula is C14H27N3O2. The molecule has 1 aliphatic carbocycles. The van der Waals surface area contributed by atoms with Crippen LogP contribution in [0.1, 0.15) is 51.9 Å². The molecule has 0 spiro atoms. The van der Waals surface area contributed by atoms with Crippen molar-refractivity contribution in [3.8, 4) is 0 Å². The molecule has 0 radical (unpaired) electrons. The van der Waals surface area contributed by atoms with E-state index in [0.717, 1.165) is 38.8 Å². The van der Waals surface area contributed by atoms with Crippen molar-refractivity contribution in [2.24, 2.45) is 11.8 Å². The average Bonchev–Trinajstić information content (AvgIpc) is 2.43. The van der Waals surface area contributed by atoms with Gasteiger partial charge in [0, 0.05) is 31.5 Å². The van der Waals surface area contributed by atoms with Crippen molar-refractivity contribution >= 4 is 5.91 Å². The van der Waals surface area contributed by atoms with E-state index in [1.54, 1.807) is 0 Å². The van der Waals surface area contributed by atoms with Crippen LogP contribution in [0, 0.1) is 5.92 Å². The molecule has 110 valence electrons. The van der Waals surface area contributed by atoms with Crippen molar-refractivity contribution < 1.29 is 9.90 Å². The third-order valence-electron chi connectivity index (χ3n) is 5.03. The van der Waals surface area contributed by atoms with Gasteiger partial charge in [0.25, 0.3) is 0 Å². The molecule has 19 heavy (non-hydrogen) atoms. The third kappa shape index (κ3) is 3.46. The number of nitrogens with two attached hydrogens (primary N) is 1. The number of carbonyl (C=O) groups excluding carboxylic acids is 1. The molecule has 1 aliphatic heterocycles. The van der Waals surface area contributed by atoms with Crippen molar-refractivity contribution in [2.75, 3.05) is 13.1 Å². The maximum absolute atomic E-state index is 11.2. The average molecular weight is 269 g/mol. The number of rotatable bonds is 4. The number of hydrogen-bond donors (Lipinski definition) is 3. The number of piperidine rings is 1. The van der Waals surface area contributed by atoms with Gasteiger partial charge < -0.3 is 10.0 Å². The van der Waals surface area contributed by atoms with Crippen LogP contribution >= 0.6 is 0 Å². The second-order valence-electron chi connectivity index (χ2n) is 6.25. The molecule has 0 bridgehead atoms. The van der Waals surface area contributed by atoms with Crippen LogP contribution in [-0.2, 0) is 4.79 Å². The summed E-state index contributed by atoms with van der Waals surface area (Å²) in [5.74, 6) is 5.41. The van der Waals surface area contributed by atoms with E-state index >= 15 is 0 Å². The first-order valence-electron chi connectivity index (χ1n) is 7.51. The molecule has 2 aliphatic rings. The van der Waals surface area contributed by atoms with Crippen molar-refractivity contribution in [3.05, 3.63) is 0 Å². The summed E-state index contributed by atoms with van der Waals surface area (Å²) in [6.45, 7) is 4.08. The van der Waals surface area contributed by atoms with Crippen molar-refractivity contribution in [2.45, 2.75) is 63.5 Å². The Morgan fingerprint density at radius 3 is 3.05 bits per heavy atom. The molecule has 2 rings (SSSR count). The van der Waals surface area contributed by atoms with Crippen LogP contribution in [0.3, 0.4) is 0 Å². The molecule has 1 heterocycles. The Kier molecular flexibility index (Phi) is 4.81. The molecular weight excluding hydrogens is 242 g/mol. The highest BCUT2D eigenvalue weighted by Crippen LogP contribution is 2.40. The van der Waals surface area contributed by atoms with E-state index in [2.05, 4.69) is 17.2 Å². The van der Waals surface area contributed by atoms with E-state index in [-0.39, 0.29) is 5.91 Å². The van der Waals surface area contributed by atoms with Crippen LogP contribution in [0.5, 0.6) is 0 Å². The number of carbonyl (C=O) groups is 1. The van der Waals surface area contributed by atoms with Crippen LogP contribution in [0.2, 0.25) is 0 Å². The van der Waals surface area contributed by atoms with Gasteiger partial charge in [-0.05, 0) is 32.6 Å². The van der Waals surface area contributed by atoms with Crippen LogP contribution in [-0.4, -0.2) is 40.6 Å². The second kappa shape index (κ2) is 6.20. The van der Waals surface area contributed by atoms with E-state index < -0.39 is 5.60 Å². The maximum atomic E-state index is 11.2. The summed E-state index contributed by atoms with van der Waals surface area (Å²) < 4.78 is 0. The van der Waals surface area contributed by atoms with Gasteiger partial charge in [-0.2, -0.15) is 0 Å². The lowest BCUT2D eigenvalue weighted by atomic mass is 9.71. The molecule has 4 N–H and O–H groups in total. The minimum Gasteiger partial charge on any atom is -0.390 e. The van der Waals surface area contributed by atoms with Gasteiger partial charge in [0.2, 0.25) is 5.91 Å². The molecule has 5 heteroatoms. The third-order valence-corrected chi connectivity index (χ3v) is 5.03. The van der Waals surface area contributed by atoms with Crippen molar-refractivity contribution in [1.29, 1.82) is 0 Å². The number of nitrogens with one attached hydrogen (secondary N) is 1. The van der Waals surface area contributed by atoms with Gasteiger partial charge in [-0.25, -0.2) is 5.84 Å². The van der Waals surface area contributed by atoms with Gasteiger partial charge in [-0.1, -0.05) is 12.8 Å². The highest BCUT2D eigenvalue weighted by atomic mass is 16.3. The Morgan fingerprint density at radius 1 is 1.53 bits per heavy atom. The van der Waals surface area contributed by atoms with E-state index in [4.69, 9.17) is 5.84 Å². The molecule has 1 amide bonds. The predicted octanol–water partition coefficient (Wildman–Crippen LogP) is 0.772. The summed E-state index contributed by atoms with van der Waals surface area (Å²) in [5, 5.41) is 10.6. The molecule has 0 aromatic heterocycles. The van der Waals surface area contributed by atoms with Gasteiger partial charge in [0.15, 0.2) is 0 Å². The van der Waals surface area contributed by atoms with Crippen molar-refractivity contribution in [1.82, 2.24) is 10.3 Å². The Morgan fingerprint density at radius 2 is 2.32 bits per heavy atom. The first kappa shape index (κ1) is 14.8. The second-order valence-corrected chi connectivity index (χ2v) is 6.25. The monoisotopic (exact) mass is 269 g/mol. The number of nitrogens with zero attached hydrogens (tertiary/aromatic N) is 1. The van der Waals surface area contributed by atoms with E-state index in [9.17, 15) is 9.90 Å². The van der Waals surface area contributed by atoms with Crippen LogP contribution in [0.4, 0.5) is 0 Å². The minimum absolute atomic E-state index is 0.0990. The van der Waals surface area contributed by atoms with Gasteiger partial charge in [0.1, 0.15) is 0 Å². The number of aliphatic hydroxyl groups is 1. The fraction of sp³-hybridized carbons (Fsp3) is 0.929. The van der Waals surface area contributed by atoms with Gasteiger partial charge in [-0.3, -0.25) is 10.2 Å². The molecule has 0 aromatic rings. The number of hydrazine groups is 1. The molecule has 0 aromatic carbocycles. The Balaban J connectivity index is 1.84. The van der Waals surface area contributed by atoms with Crippen LogP contribution in [0.15, 0.2) is 0 Å². The van der Waals surface area contributed by atoms with Crippen molar-refractivity contribution in [3.63, 3.8) is 0 Å². The lowest BCUT2D eigenvalue weighted by molar-refractivity contribution is -0.122. The SMILES string of the molecule is CC(CCC(=O)NN)N1CCC2(O)CCCCC2C1. The molecule has 3 atom stereocenters. The van der Waals surface area contributed by atoms with Gasteiger partial charge in [0.05, 0.1) is 5.60 Å². The molecule has 2 fully saturated rings. The highest BCUT2D eigenvalue weighted by molar-refractivity contribution is 5.75. The normalized spacial score (nSPS) is 33.5. The maximum Gasteiger partial charge on any atom is 0.233 e. The summed E-state index contributed by atoms with van der Waals surface area (Å²) in [6, 6.07) is 0.378. The zero-order valence-corrected chi connectivity index (χ0v) is 11.9. The number of hydrogen-bond acceptors (Lipinski definition) is 4. The summed E-state index contributed by atoms with van der Waals surface area (Å²) in [6.07, 6.45) is 6.70. The Labute approximate surface area is 115 Å². The van der Waals surface area contributed by atoms with Crippen LogP contribution in [0.25, 0.3) is 0 Å².